The van der Waals surface area contributed by atoms with Crippen LogP contribution in [0, 0.1) is 0 Å². The molecule has 12 heteroatoms. The summed E-state index contributed by atoms with van der Waals surface area (Å²) in [7, 11) is 6.39. The number of unbranched alkanes of at least 4 members (excludes halogenated alkanes) is 1. The predicted molar refractivity (Wildman–Crippen MR) is 138 cm³/mol. The average molecular weight is 501 g/mol. The summed E-state index contributed by atoms with van der Waals surface area (Å²) in [6.07, 6.45) is 4.15. The standard InChI is InChI=1S/C18H40N6O2S4/c19-5-13-27-29-15-17(25)23-11-3-9-21-7-1-2-8-22-10-4-12-24-18(26)16-30-28-14-6-20/h21-22H,1-16,19-20H2,(H,23,25)(H,24,26). The van der Waals surface area contributed by atoms with Gasteiger partial charge in [0.05, 0.1) is 11.5 Å². The molecule has 8 N–H and O–H groups in total. The van der Waals surface area contributed by atoms with Gasteiger partial charge in [0.15, 0.2) is 0 Å². The summed E-state index contributed by atoms with van der Waals surface area (Å²) >= 11 is 0. The van der Waals surface area contributed by atoms with E-state index < -0.39 is 0 Å². The molecule has 30 heavy (non-hydrogen) atoms. The second kappa shape index (κ2) is 25.4. The van der Waals surface area contributed by atoms with Crippen molar-refractivity contribution >= 4 is 55.0 Å². The van der Waals surface area contributed by atoms with Crippen LogP contribution < -0.4 is 32.7 Å². The average Bonchev–Trinajstić information content (AvgIpc) is 2.74. The molecule has 178 valence electrons. The summed E-state index contributed by atoms with van der Waals surface area (Å²) in [4.78, 5) is 23.1. The maximum Gasteiger partial charge on any atom is 0.230 e. The molecule has 0 heterocycles. The number of carbonyl (C=O) groups excluding carboxylic acids is 2. The second-order valence-electron chi connectivity index (χ2n) is 6.36. The Morgan fingerprint density at radius 2 is 0.967 bits per heavy atom. The van der Waals surface area contributed by atoms with Gasteiger partial charge in [0.25, 0.3) is 0 Å². The molecule has 0 saturated carbocycles. The topological polar surface area (TPSA) is 134 Å². The summed E-state index contributed by atoms with van der Waals surface area (Å²) in [5.74, 6) is 2.93. The van der Waals surface area contributed by atoms with Crippen molar-refractivity contribution in [3.8, 4) is 0 Å². The van der Waals surface area contributed by atoms with Crippen molar-refractivity contribution in [2.24, 2.45) is 11.5 Å². The van der Waals surface area contributed by atoms with Crippen LogP contribution >= 0.6 is 43.2 Å². The molecule has 0 unspecified atom stereocenters. The largest absolute Gasteiger partial charge is 0.355 e. The highest BCUT2D eigenvalue weighted by atomic mass is 33.1. The molecule has 0 aliphatic rings. The van der Waals surface area contributed by atoms with Gasteiger partial charge in [0.2, 0.25) is 11.8 Å². The molecule has 8 nitrogen and oxygen atoms in total. The van der Waals surface area contributed by atoms with E-state index in [1.807, 2.05) is 0 Å². The Bertz CT molecular complexity index is 375. The van der Waals surface area contributed by atoms with Crippen LogP contribution in [0.1, 0.15) is 25.7 Å². The summed E-state index contributed by atoms with van der Waals surface area (Å²) in [6.45, 7) is 6.58. The second-order valence-corrected chi connectivity index (χ2v) is 11.5. The van der Waals surface area contributed by atoms with Crippen LogP contribution in [0.25, 0.3) is 0 Å². The maximum atomic E-state index is 11.6. The minimum Gasteiger partial charge on any atom is -0.355 e. The fourth-order valence-electron chi connectivity index (χ4n) is 2.14. The van der Waals surface area contributed by atoms with Gasteiger partial charge in [-0.3, -0.25) is 9.59 Å². The van der Waals surface area contributed by atoms with E-state index in [1.165, 1.54) is 0 Å². The summed E-state index contributed by atoms with van der Waals surface area (Å²) in [6, 6.07) is 0. The van der Waals surface area contributed by atoms with Gasteiger partial charge < -0.3 is 32.7 Å². The lowest BCUT2D eigenvalue weighted by molar-refractivity contribution is -0.119. The van der Waals surface area contributed by atoms with E-state index in [-0.39, 0.29) is 11.8 Å². The zero-order chi connectivity index (χ0) is 22.1. The maximum absolute atomic E-state index is 11.6. The van der Waals surface area contributed by atoms with Crippen LogP contribution in [0.2, 0.25) is 0 Å². The van der Waals surface area contributed by atoms with Crippen molar-refractivity contribution in [2.45, 2.75) is 25.7 Å². The quantitative estimate of drug-likeness (QED) is 0.0876. The first-order valence-corrected chi connectivity index (χ1v) is 15.5. The number of hydrogen-bond acceptors (Lipinski definition) is 10. The third kappa shape index (κ3) is 24.4. The van der Waals surface area contributed by atoms with Gasteiger partial charge >= 0.3 is 0 Å². The van der Waals surface area contributed by atoms with Gasteiger partial charge in [0.1, 0.15) is 0 Å². The first kappa shape index (κ1) is 30.2. The Kier molecular flexibility index (Phi) is 25.6. The zero-order valence-electron chi connectivity index (χ0n) is 17.9. The van der Waals surface area contributed by atoms with E-state index in [1.54, 1.807) is 43.2 Å². The molecular weight excluding hydrogens is 461 g/mol. The van der Waals surface area contributed by atoms with Gasteiger partial charge in [-0.15, -0.1) is 0 Å². The van der Waals surface area contributed by atoms with Crippen molar-refractivity contribution in [2.75, 3.05) is 75.4 Å². The summed E-state index contributed by atoms with van der Waals surface area (Å²) < 4.78 is 0. The van der Waals surface area contributed by atoms with E-state index in [4.69, 9.17) is 11.5 Å². The van der Waals surface area contributed by atoms with E-state index in [2.05, 4.69) is 21.3 Å². The number of hydrogen-bond donors (Lipinski definition) is 6. The zero-order valence-corrected chi connectivity index (χ0v) is 21.2. The third-order valence-corrected chi connectivity index (χ3v) is 8.22. The molecule has 2 amide bonds. The monoisotopic (exact) mass is 500 g/mol. The summed E-state index contributed by atoms with van der Waals surface area (Å²) in [5, 5.41) is 12.7. The van der Waals surface area contributed by atoms with Crippen molar-refractivity contribution in [3.05, 3.63) is 0 Å². The molecule has 0 aliphatic heterocycles. The normalized spacial score (nSPS) is 10.9. The Morgan fingerprint density at radius 3 is 1.37 bits per heavy atom. The van der Waals surface area contributed by atoms with Crippen LogP contribution in [0.5, 0.6) is 0 Å². The number of rotatable bonds is 23. The fourth-order valence-corrected chi connectivity index (χ4v) is 5.58. The fraction of sp³-hybridized carbons (Fsp3) is 0.889. The van der Waals surface area contributed by atoms with E-state index in [9.17, 15) is 9.59 Å². The first-order valence-electron chi connectivity index (χ1n) is 10.5. The molecule has 0 aliphatic carbocycles. The highest BCUT2D eigenvalue weighted by molar-refractivity contribution is 8.77. The van der Waals surface area contributed by atoms with E-state index in [0.717, 1.165) is 76.5 Å². The van der Waals surface area contributed by atoms with Crippen molar-refractivity contribution in [1.29, 1.82) is 0 Å². The smallest absolute Gasteiger partial charge is 0.230 e. The molecule has 0 fully saturated rings. The molecule has 0 saturated heterocycles. The van der Waals surface area contributed by atoms with Gasteiger partial charge in [-0.05, 0) is 51.9 Å². The number of nitrogens with one attached hydrogen (secondary N) is 4. The van der Waals surface area contributed by atoms with Crippen molar-refractivity contribution < 1.29 is 9.59 Å². The Morgan fingerprint density at radius 1 is 0.567 bits per heavy atom. The highest BCUT2D eigenvalue weighted by Gasteiger charge is 2.01. The van der Waals surface area contributed by atoms with Crippen molar-refractivity contribution in [1.82, 2.24) is 21.3 Å². The molecular formula is C18H40N6O2S4. The molecule has 0 aromatic carbocycles. The number of carbonyl (C=O) groups is 2. The molecule has 0 spiro atoms. The van der Waals surface area contributed by atoms with Crippen LogP contribution in [0.15, 0.2) is 0 Å². The highest BCUT2D eigenvalue weighted by Crippen LogP contribution is 2.19. The lowest BCUT2D eigenvalue weighted by Gasteiger charge is -2.08. The number of amides is 2. The number of nitrogens with two attached hydrogens (primary N) is 2. The molecule has 0 atom stereocenters. The summed E-state index contributed by atoms with van der Waals surface area (Å²) in [5.41, 5.74) is 10.8. The van der Waals surface area contributed by atoms with Gasteiger partial charge in [0, 0.05) is 37.7 Å². The molecule has 0 aromatic rings. The third-order valence-electron chi connectivity index (χ3n) is 3.61. The van der Waals surface area contributed by atoms with Crippen LogP contribution in [0.4, 0.5) is 0 Å². The van der Waals surface area contributed by atoms with E-state index in [0.29, 0.717) is 24.6 Å². The molecule has 0 radical (unpaired) electrons. The van der Waals surface area contributed by atoms with Crippen molar-refractivity contribution in [3.63, 3.8) is 0 Å². The van der Waals surface area contributed by atoms with Gasteiger partial charge in [-0.2, -0.15) is 0 Å². The van der Waals surface area contributed by atoms with Gasteiger partial charge in [-0.1, -0.05) is 43.2 Å². The van der Waals surface area contributed by atoms with Crippen LogP contribution in [-0.4, -0.2) is 87.2 Å². The lowest BCUT2D eigenvalue weighted by atomic mass is 10.3. The van der Waals surface area contributed by atoms with Crippen LogP contribution in [-0.2, 0) is 9.59 Å². The SMILES string of the molecule is NCCSSCC(=O)NCCCNCCCCNCCCNC(=O)CSSCCN. The Labute approximate surface area is 197 Å². The molecule has 0 bridgehead atoms. The van der Waals surface area contributed by atoms with Crippen LogP contribution in [0.3, 0.4) is 0 Å². The van der Waals surface area contributed by atoms with Gasteiger partial charge in [-0.25, -0.2) is 0 Å². The van der Waals surface area contributed by atoms with E-state index >= 15 is 0 Å². The molecule has 0 aromatic heterocycles. The first-order chi connectivity index (χ1) is 14.7. The minimum absolute atomic E-state index is 0.0931. The minimum atomic E-state index is 0.0931. The predicted octanol–water partition coefficient (Wildman–Crippen LogP) is 0.639. The Balaban J connectivity index is 3.17. The molecule has 0 rings (SSSR count). The lowest BCUT2D eigenvalue weighted by Crippen LogP contribution is -2.29. The Hall–Kier alpha value is 0.180.